The first kappa shape index (κ1) is 12.8. The molecular formula is C12H21NO4. The number of nitrogens with zero attached hydrogens (tertiary/aromatic N) is 1. The maximum Gasteiger partial charge on any atom is 0.325 e. The molecule has 0 aromatic carbocycles. The van der Waals surface area contributed by atoms with Gasteiger partial charge in [-0.05, 0) is 19.3 Å². The first-order valence-corrected chi connectivity index (χ1v) is 6.32. The Labute approximate surface area is 102 Å². The molecule has 2 aliphatic heterocycles. The fourth-order valence-corrected chi connectivity index (χ4v) is 2.44. The van der Waals surface area contributed by atoms with E-state index in [1.54, 1.807) is 0 Å². The Morgan fingerprint density at radius 3 is 3.06 bits per heavy atom. The van der Waals surface area contributed by atoms with Gasteiger partial charge < -0.3 is 14.2 Å². The average molecular weight is 243 g/mol. The maximum atomic E-state index is 11.6. The van der Waals surface area contributed by atoms with Crippen molar-refractivity contribution < 1.29 is 19.0 Å². The molecule has 17 heavy (non-hydrogen) atoms. The van der Waals surface area contributed by atoms with Crippen molar-refractivity contribution in [3.05, 3.63) is 0 Å². The molecule has 0 aliphatic carbocycles. The largest absolute Gasteiger partial charge is 0.468 e. The SMILES string of the molecule is COC(=O)C1COCCN1CCC1CCCO1. The van der Waals surface area contributed by atoms with Crippen molar-refractivity contribution in [1.29, 1.82) is 0 Å². The molecule has 5 nitrogen and oxygen atoms in total. The van der Waals surface area contributed by atoms with Gasteiger partial charge in [0.1, 0.15) is 6.04 Å². The van der Waals surface area contributed by atoms with Gasteiger partial charge >= 0.3 is 5.97 Å². The van der Waals surface area contributed by atoms with Crippen LogP contribution in [0.2, 0.25) is 0 Å². The molecule has 2 aliphatic rings. The standard InChI is InChI=1S/C12H21NO4/c1-15-12(14)11-9-16-8-6-13(11)5-4-10-3-2-7-17-10/h10-11H,2-9H2,1H3. The van der Waals surface area contributed by atoms with Gasteiger partial charge in [-0.3, -0.25) is 9.69 Å². The number of hydrogen-bond acceptors (Lipinski definition) is 5. The molecule has 0 aromatic rings. The lowest BCUT2D eigenvalue weighted by Gasteiger charge is -2.34. The molecule has 0 radical (unpaired) electrons. The predicted molar refractivity (Wildman–Crippen MR) is 61.8 cm³/mol. The lowest BCUT2D eigenvalue weighted by molar-refractivity contribution is -0.153. The molecule has 2 heterocycles. The van der Waals surface area contributed by atoms with Gasteiger partial charge in [-0.25, -0.2) is 0 Å². The summed E-state index contributed by atoms with van der Waals surface area (Å²) in [6.07, 6.45) is 3.67. The van der Waals surface area contributed by atoms with Gasteiger partial charge in [0, 0.05) is 19.7 Å². The second kappa shape index (κ2) is 6.33. The monoisotopic (exact) mass is 243 g/mol. The number of carbonyl (C=O) groups is 1. The maximum absolute atomic E-state index is 11.6. The Balaban J connectivity index is 1.80. The van der Waals surface area contributed by atoms with Crippen LogP contribution in [0.1, 0.15) is 19.3 Å². The minimum absolute atomic E-state index is 0.197. The summed E-state index contributed by atoms with van der Waals surface area (Å²) < 4.78 is 15.7. The topological polar surface area (TPSA) is 48.0 Å². The van der Waals surface area contributed by atoms with E-state index in [1.807, 2.05) is 0 Å². The fraction of sp³-hybridized carbons (Fsp3) is 0.917. The van der Waals surface area contributed by atoms with E-state index in [9.17, 15) is 4.79 Å². The van der Waals surface area contributed by atoms with E-state index in [4.69, 9.17) is 14.2 Å². The third kappa shape index (κ3) is 3.40. The van der Waals surface area contributed by atoms with E-state index >= 15 is 0 Å². The quantitative estimate of drug-likeness (QED) is 0.670. The Bertz CT molecular complexity index is 253. The van der Waals surface area contributed by atoms with Crippen molar-refractivity contribution >= 4 is 5.97 Å². The highest BCUT2D eigenvalue weighted by atomic mass is 16.5. The van der Waals surface area contributed by atoms with Crippen LogP contribution in [0.5, 0.6) is 0 Å². The molecule has 0 aromatic heterocycles. The first-order chi connectivity index (χ1) is 8.31. The molecule has 0 saturated carbocycles. The van der Waals surface area contributed by atoms with Crippen LogP contribution in [0.25, 0.3) is 0 Å². The van der Waals surface area contributed by atoms with Crippen LogP contribution < -0.4 is 0 Å². The molecule has 2 rings (SSSR count). The van der Waals surface area contributed by atoms with Crippen molar-refractivity contribution in [3.63, 3.8) is 0 Å². The van der Waals surface area contributed by atoms with Gasteiger partial charge in [0.2, 0.25) is 0 Å². The highest BCUT2D eigenvalue weighted by molar-refractivity contribution is 5.75. The second-order valence-corrected chi connectivity index (χ2v) is 4.57. The molecule has 2 unspecified atom stereocenters. The summed E-state index contributed by atoms with van der Waals surface area (Å²) in [6.45, 7) is 3.70. The highest BCUT2D eigenvalue weighted by Gasteiger charge is 2.30. The van der Waals surface area contributed by atoms with Crippen molar-refractivity contribution in [3.8, 4) is 0 Å². The molecule has 0 amide bonds. The van der Waals surface area contributed by atoms with E-state index in [2.05, 4.69) is 4.90 Å². The van der Waals surface area contributed by atoms with Gasteiger partial charge in [-0.1, -0.05) is 0 Å². The smallest absolute Gasteiger partial charge is 0.325 e. The number of ether oxygens (including phenoxy) is 3. The molecule has 0 N–H and O–H groups in total. The van der Waals surface area contributed by atoms with Crippen molar-refractivity contribution in [1.82, 2.24) is 4.90 Å². The van der Waals surface area contributed by atoms with Gasteiger partial charge in [-0.2, -0.15) is 0 Å². The van der Waals surface area contributed by atoms with E-state index < -0.39 is 0 Å². The zero-order valence-electron chi connectivity index (χ0n) is 10.4. The fourth-order valence-electron chi connectivity index (χ4n) is 2.44. The predicted octanol–water partition coefficient (Wildman–Crippen LogP) is 0.429. The summed E-state index contributed by atoms with van der Waals surface area (Å²) >= 11 is 0. The number of methoxy groups -OCH3 is 1. The van der Waals surface area contributed by atoms with Crippen molar-refractivity contribution in [2.75, 3.05) is 40.0 Å². The Kier molecular flexibility index (Phi) is 4.76. The van der Waals surface area contributed by atoms with Crippen LogP contribution >= 0.6 is 0 Å². The van der Waals surface area contributed by atoms with Crippen molar-refractivity contribution in [2.45, 2.75) is 31.4 Å². The number of morpholine rings is 1. The van der Waals surface area contributed by atoms with Crippen LogP contribution in [0.3, 0.4) is 0 Å². The van der Waals surface area contributed by atoms with Crippen LogP contribution in [-0.2, 0) is 19.0 Å². The molecule has 98 valence electrons. The third-order valence-corrected chi connectivity index (χ3v) is 3.47. The van der Waals surface area contributed by atoms with Gasteiger partial charge in [0.25, 0.3) is 0 Å². The zero-order chi connectivity index (χ0) is 12.1. The zero-order valence-corrected chi connectivity index (χ0v) is 10.4. The summed E-state index contributed by atoms with van der Waals surface area (Å²) in [4.78, 5) is 13.7. The molecule has 0 bridgehead atoms. The normalized spacial score (nSPS) is 30.4. The van der Waals surface area contributed by atoms with Crippen LogP contribution in [0, 0.1) is 0 Å². The molecule has 2 atom stereocenters. The average Bonchev–Trinajstić information content (AvgIpc) is 2.89. The Morgan fingerprint density at radius 2 is 2.35 bits per heavy atom. The van der Waals surface area contributed by atoms with Crippen molar-refractivity contribution in [2.24, 2.45) is 0 Å². The van der Waals surface area contributed by atoms with Gasteiger partial charge in [0.15, 0.2) is 0 Å². The molecule has 5 heteroatoms. The lowest BCUT2D eigenvalue weighted by atomic mass is 10.1. The molecule has 0 spiro atoms. The van der Waals surface area contributed by atoms with Crippen LogP contribution in [-0.4, -0.2) is 63.0 Å². The second-order valence-electron chi connectivity index (χ2n) is 4.57. The molecule has 2 fully saturated rings. The third-order valence-electron chi connectivity index (χ3n) is 3.47. The minimum atomic E-state index is -0.241. The Hall–Kier alpha value is -0.650. The van der Waals surface area contributed by atoms with E-state index in [1.165, 1.54) is 7.11 Å². The van der Waals surface area contributed by atoms with Gasteiger partial charge in [0.05, 0.1) is 26.4 Å². The van der Waals surface area contributed by atoms with E-state index in [0.717, 1.165) is 39.0 Å². The molecular weight excluding hydrogens is 222 g/mol. The number of hydrogen-bond donors (Lipinski definition) is 0. The highest BCUT2D eigenvalue weighted by Crippen LogP contribution is 2.17. The Morgan fingerprint density at radius 1 is 1.47 bits per heavy atom. The number of carbonyl (C=O) groups excluding carboxylic acids is 1. The summed E-state index contributed by atoms with van der Waals surface area (Å²) in [5, 5.41) is 0. The van der Waals surface area contributed by atoms with Crippen LogP contribution in [0.4, 0.5) is 0 Å². The number of rotatable bonds is 4. The summed E-state index contributed by atoms with van der Waals surface area (Å²) in [5.41, 5.74) is 0. The van der Waals surface area contributed by atoms with Gasteiger partial charge in [-0.15, -0.1) is 0 Å². The molecule has 2 saturated heterocycles. The first-order valence-electron chi connectivity index (χ1n) is 6.32. The summed E-state index contributed by atoms with van der Waals surface area (Å²) in [7, 11) is 1.43. The van der Waals surface area contributed by atoms with Crippen LogP contribution in [0.15, 0.2) is 0 Å². The number of esters is 1. The summed E-state index contributed by atoms with van der Waals surface area (Å²) in [5.74, 6) is -0.197. The minimum Gasteiger partial charge on any atom is -0.468 e. The van der Waals surface area contributed by atoms with E-state index in [-0.39, 0.29) is 12.0 Å². The summed E-state index contributed by atoms with van der Waals surface area (Å²) in [6, 6.07) is -0.241. The van der Waals surface area contributed by atoms with E-state index in [0.29, 0.717) is 19.3 Å². The lowest BCUT2D eigenvalue weighted by Crippen LogP contribution is -2.51.